The van der Waals surface area contributed by atoms with E-state index in [1.807, 2.05) is 13.8 Å². The molecule has 0 atom stereocenters. The first kappa shape index (κ1) is 18.5. The number of aryl methyl sites for hydroxylation is 1. The van der Waals surface area contributed by atoms with E-state index in [-0.39, 0.29) is 10.3 Å². The zero-order valence-electron chi connectivity index (χ0n) is 13.5. The van der Waals surface area contributed by atoms with Crippen LogP contribution in [0.1, 0.15) is 46.6 Å². The molecule has 0 aliphatic carbocycles. The third kappa shape index (κ3) is 5.27. The summed E-state index contributed by atoms with van der Waals surface area (Å²) in [4.78, 5) is 0.227. The van der Waals surface area contributed by atoms with Crippen molar-refractivity contribution in [2.45, 2.75) is 58.4 Å². The second-order valence-corrected chi connectivity index (χ2v) is 9.87. The highest BCUT2D eigenvalue weighted by atomic mass is 79.9. The number of nitrogens with two attached hydrogens (primary N) is 1. The van der Waals surface area contributed by atoms with E-state index >= 15 is 0 Å². The van der Waals surface area contributed by atoms with Gasteiger partial charge in [-0.1, -0.05) is 20.8 Å². The van der Waals surface area contributed by atoms with E-state index in [0.717, 1.165) is 6.42 Å². The maximum absolute atomic E-state index is 12.6. The van der Waals surface area contributed by atoms with E-state index in [1.165, 1.54) is 6.07 Å². The molecule has 0 spiro atoms. The van der Waals surface area contributed by atoms with Crippen molar-refractivity contribution in [3.63, 3.8) is 0 Å². The molecule has 0 amide bonds. The van der Waals surface area contributed by atoms with Crippen LogP contribution in [-0.4, -0.2) is 14.0 Å². The van der Waals surface area contributed by atoms with Crippen molar-refractivity contribution >= 4 is 31.6 Å². The summed E-state index contributed by atoms with van der Waals surface area (Å²) in [5, 5.41) is 0. The molecule has 0 heterocycles. The van der Waals surface area contributed by atoms with Gasteiger partial charge in [0.2, 0.25) is 10.0 Å². The van der Waals surface area contributed by atoms with E-state index in [0.29, 0.717) is 15.7 Å². The van der Waals surface area contributed by atoms with Crippen LogP contribution >= 0.6 is 15.9 Å². The SMILES string of the molecule is Cc1cc(Br)c(N)cc1S(=O)(=O)NC(C)(C)CC(C)(C)C. The van der Waals surface area contributed by atoms with E-state index in [4.69, 9.17) is 5.73 Å². The lowest BCUT2D eigenvalue weighted by molar-refractivity contribution is 0.269. The Morgan fingerprint density at radius 1 is 1.19 bits per heavy atom. The first-order valence-electron chi connectivity index (χ1n) is 6.83. The van der Waals surface area contributed by atoms with E-state index in [1.54, 1.807) is 13.0 Å². The van der Waals surface area contributed by atoms with Gasteiger partial charge in [0.15, 0.2) is 0 Å². The van der Waals surface area contributed by atoms with Gasteiger partial charge in [-0.2, -0.15) is 0 Å². The average molecular weight is 377 g/mol. The molecule has 0 saturated heterocycles. The quantitative estimate of drug-likeness (QED) is 0.784. The van der Waals surface area contributed by atoms with Crippen LogP contribution in [0.2, 0.25) is 0 Å². The lowest BCUT2D eigenvalue weighted by Gasteiger charge is -2.33. The molecule has 21 heavy (non-hydrogen) atoms. The number of anilines is 1. The van der Waals surface area contributed by atoms with Gasteiger partial charge in [0.05, 0.1) is 4.90 Å². The van der Waals surface area contributed by atoms with Crippen LogP contribution in [0.25, 0.3) is 0 Å². The monoisotopic (exact) mass is 376 g/mol. The molecule has 3 N–H and O–H groups in total. The topological polar surface area (TPSA) is 72.2 Å². The lowest BCUT2D eigenvalue weighted by Crippen LogP contribution is -2.45. The van der Waals surface area contributed by atoms with Crippen LogP contribution in [0.4, 0.5) is 5.69 Å². The largest absolute Gasteiger partial charge is 0.398 e. The summed E-state index contributed by atoms with van der Waals surface area (Å²) in [5.41, 5.74) is 6.38. The van der Waals surface area contributed by atoms with Gasteiger partial charge in [0, 0.05) is 15.7 Å². The van der Waals surface area contributed by atoms with E-state index in [9.17, 15) is 8.42 Å². The van der Waals surface area contributed by atoms with Crippen LogP contribution in [0.5, 0.6) is 0 Å². The van der Waals surface area contributed by atoms with Crippen molar-refractivity contribution in [3.05, 3.63) is 22.2 Å². The number of hydrogen-bond donors (Lipinski definition) is 2. The number of hydrogen-bond acceptors (Lipinski definition) is 3. The fraction of sp³-hybridized carbons (Fsp3) is 0.600. The van der Waals surface area contributed by atoms with Gasteiger partial charge < -0.3 is 5.73 Å². The predicted octanol–water partition coefficient (Wildman–Crippen LogP) is 3.83. The predicted molar refractivity (Wildman–Crippen MR) is 91.8 cm³/mol. The Labute approximate surface area is 136 Å². The normalized spacial score (nSPS) is 13.5. The van der Waals surface area contributed by atoms with Gasteiger partial charge in [0.1, 0.15) is 0 Å². The maximum atomic E-state index is 12.6. The Bertz CT molecular complexity index is 632. The Morgan fingerprint density at radius 2 is 1.71 bits per heavy atom. The zero-order valence-corrected chi connectivity index (χ0v) is 15.9. The molecule has 4 nitrogen and oxygen atoms in total. The molecule has 0 aliphatic rings. The molecule has 0 bridgehead atoms. The summed E-state index contributed by atoms with van der Waals surface area (Å²) in [5.74, 6) is 0. The highest BCUT2D eigenvalue weighted by Gasteiger charge is 2.31. The van der Waals surface area contributed by atoms with Gasteiger partial charge in [0.25, 0.3) is 0 Å². The number of rotatable bonds is 4. The molecular formula is C15H25BrN2O2S. The Kier molecular flexibility index (Phi) is 5.18. The van der Waals surface area contributed by atoms with Crippen LogP contribution in [-0.2, 0) is 10.0 Å². The summed E-state index contributed by atoms with van der Waals surface area (Å²) in [6.45, 7) is 11.8. The summed E-state index contributed by atoms with van der Waals surface area (Å²) in [6.07, 6.45) is 0.726. The molecule has 0 unspecified atom stereocenters. The van der Waals surface area contributed by atoms with Gasteiger partial charge in [-0.15, -0.1) is 0 Å². The summed E-state index contributed by atoms with van der Waals surface area (Å²) in [7, 11) is -3.61. The maximum Gasteiger partial charge on any atom is 0.241 e. The number of sulfonamides is 1. The third-order valence-corrected chi connectivity index (χ3v) is 5.49. The molecule has 0 saturated carbocycles. The first-order valence-corrected chi connectivity index (χ1v) is 9.11. The fourth-order valence-corrected chi connectivity index (χ4v) is 4.87. The van der Waals surface area contributed by atoms with Crippen LogP contribution in [0, 0.1) is 12.3 Å². The molecule has 0 aliphatic heterocycles. The number of halogens is 1. The van der Waals surface area contributed by atoms with Crippen molar-refractivity contribution in [2.75, 3.05) is 5.73 Å². The number of nitrogen functional groups attached to an aromatic ring is 1. The minimum Gasteiger partial charge on any atom is -0.398 e. The summed E-state index contributed by atoms with van der Waals surface area (Å²) in [6, 6.07) is 3.22. The second-order valence-electron chi connectivity index (χ2n) is 7.37. The van der Waals surface area contributed by atoms with Gasteiger partial charge in [-0.25, -0.2) is 13.1 Å². The molecular weight excluding hydrogens is 352 g/mol. The van der Waals surface area contributed by atoms with Crippen molar-refractivity contribution in [1.29, 1.82) is 0 Å². The van der Waals surface area contributed by atoms with Crippen molar-refractivity contribution in [3.8, 4) is 0 Å². The highest BCUT2D eigenvalue weighted by molar-refractivity contribution is 9.10. The lowest BCUT2D eigenvalue weighted by atomic mass is 9.82. The van der Waals surface area contributed by atoms with Gasteiger partial charge in [-0.05, 0) is 66.2 Å². The molecule has 0 fully saturated rings. The molecule has 6 heteroatoms. The summed E-state index contributed by atoms with van der Waals surface area (Å²) < 4.78 is 28.8. The van der Waals surface area contributed by atoms with Crippen molar-refractivity contribution in [2.24, 2.45) is 5.41 Å². The summed E-state index contributed by atoms with van der Waals surface area (Å²) >= 11 is 3.31. The van der Waals surface area contributed by atoms with Gasteiger partial charge >= 0.3 is 0 Å². The van der Waals surface area contributed by atoms with Crippen molar-refractivity contribution in [1.82, 2.24) is 4.72 Å². The first-order chi connectivity index (χ1) is 9.23. The second kappa shape index (κ2) is 5.89. The van der Waals surface area contributed by atoms with Crippen LogP contribution < -0.4 is 10.5 Å². The van der Waals surface area contributed by atoms with Crippen LogP contribution in [0.3, 0.4) is 0 Å². The molecule has 1 rings (SSSR count). The fourth-order valence-electron chi connectivity index (χ4n) is 2.74. The Hall–Kier alpha value is -0.590. The number of benzene rings is 1. The van der Waals surface area contributed by atoms with E-state index in [2.05, 4.69) is 41.4 Å². The molecule has 0 radical (unpaired) electrons. The minimum atomic E-state index is -3.61. The number of nitrogens with one attached hydrogen (secondary N) is 1. The van der Waals surface area contributed by atoms with Crippen molar-refractivity contribution < 1.29 is 8.42 Å². The zero-order chi connectivity index (χ0) is 16.6. The van der Waals surface area contributed by atoms with E-state index < -0.39 is 15.6 Å². The smallest absolute Gasteiger partial charge is 0.241 e. The highest BCUT2D eigenvalue weighted by Crippen LogP contribution is 2.30. The standard InChI is InChI=1S/C15H25BrN2O2S/c1-10-7-11(16)12(17)8-13(10)21(19,20)18-15(5,6)9-14(2,3)4/h7-8,18H,9,17H2,1-6H3. The van der Waals surface area contributed by atoms with Gasteiger partial charge in [-0.3, -0.25) is 0 Å². The Balaban J connectivity index is 3.16. The molecule has 120 valence electrons. The third-order valence-electron chi connectivity index (χ3n) is 2.97. The molecule has 0 aromatic heterocycles. The molecule has 1 aromatic rings. The average Bonchev–Trinajstić information content (AvgIpc) is 2.17. The molecule has 1 aromatic carbocycles. The van der Waals surface area contributed by atoms with Crippen LogP contribution in [0.15, 0.2) is 21.5 Å². The Morgan fingerprint density at radius 3 is 2.19 bits per heavy atom. The minimum absolute atomic E-state index is 0.0276.